The number of hydrogen-bond donors (Lipinski definition) is 1. The molecular weight excluding hydrogens is 186 g/mol. The Morgan fingerprint density at radius 2 is 2.00 bits per heavy atom. The summed E-state index contributed by atoms with van der Waals surface area (Å²) in [6, 6.07) is 6.75. The van der Waals surface area contributed by atoms with Crippen molar-refractivity contribution in [2.45, 2.75) is 40.3 Å². The van der Waals surface area contributed by atoms with Gasteiger partial charge in [-0.2, -0.15) is 0 Å². The molecule has 0 heterocycles. The fourth-order valence-electron chi connectivity index (χ4n) is 1.88. The molecule has 0 aliphatic heterocycles. The third-order valence-electron chi connectivity index (χ3n) is 2.79. The minimum absolute atomic E-state index is 0.125. The van der Waals surface area contributed by atoms with Crippen LogP contribution in [0.2, 0.25) is 0 Å². The Hall–Kier alpha value is -1.02. The average Bonchev–Trinajstić information content (AvgIpc) is 2.18. The number of rotatable bonds is 4. The zero-order chi connectivity index (χ0) is 11.4. The van der Waals surface area contributed by atoms with Crippen molar-refractivity contribution >= 4 is 5.69 Å². The first-order chi connectivity index (χ1) is 7.10. The van der Waals surface area contributed by atoms with Crippen LogP contribution < -0.4 is 4.90 Å². The van der Waals surface area contributed by atoms with Gasteiger partial charge in [-0.15, -0.1) is 0 Å². The van der Waals surface area contributed by atoms with Crippen molar-refractivity contribution in [2.24, 2.45) is 0 Å². The van der Waals surface area contributed by atoms with Gasteiger partial charge in [0.25, 0.3) is 0 Å². The van der Waals surface area contributed by atoms with Gasteiger partial charge in [-0.3, -0.25) is 0 Å². The van der Waals surface area contributed by atoms with Crippen molar-refractivity contribution in [2.75, 3.05) is 11.4 Å². The second-order valence-electron chi connectivity index (χ2n) is 4.15. The maximum Gasteiger partial charge on any atom is 0.0684 e. The van der Waals surface area contributed by atoms with Crippen molar-refractivity contribution in [1.82, 2.24) is 0 Å². The first-order valence-corrected chi connectivity index (χ1v) is 5.57. The first-order valence-electron chi connectivity index (χ1n) is 5.57. The van der Waals surface area contributed by atoms with Gasteiger partial charge in [0.05, 0.1) is 6.61 Å². The Kier molecular flexibility index (Phi) is 4.15. The lowest BCUT2D eigenvalue weighted by molar-refractivity contribution is 0.281. The third-order valence-corrected chi connectivity index (χ3v) is 2.79. The summed E-state index contributed by atoms with van der Waals surface area (Å²) in [4.78, 5) is 2.34. The van der Waals surface area contributed by atoms with E-state index >= 15 is 0 Å². The fourth-order valence-corrected chi connectivity index (χ4v) is 1.88. The van der Waals surface area contributed by atoms with E-state index in [4.69, 9.17) is 5.11 Å². The van der Waals surface area contributed by atoms with Gasteiger partial charge < -0.3 is 10.0 Å². The number of hydrogen-bond acceptors (Lipinski definition) is 2. The van der Waals surface area contributed by atoms with E-state index in [2.05, 4.69) is 37.8 Å². The Morgan fingerprint density at radius 3 is 2.40 bits per heavy atom. The second kappa shape index (κ2) is 5.17. The topological polar surface area (TPSA) is 23.5 Å². The maximum absolute atomic E-state index is 9.10. The monoisotopic (exact) mass is 207 g/mol. The molecule has 0 aliphatic rings. The van der Waals surface area contributed by atoms with Crippen LogP contribution in [0.15, 0.2) is 18.2 Å². The number of aliphatic hydroxyl groups excluding tert-OH is 1. The van der Waals surface area contributed by atoms with Crippen LogP contribution in [0.25, 0.3) is 0 Å². The highest BCUT2D eigenvalue weighted by atomic mass is 16.3. The van der Waals surface area contributed by atoms with Gasteiger partial charge in [0.15, 0.2) is 0 Å². The van der Waals surface area contributed by atoms with Crippen LogP contribution in [-0.2, 0) is 6.61 Å². The van der Waals surface area contributed by atoms with Gasteiger partial charge in [0, 0.05) is 18.3 Å². The molecule has 0 fully saturated rings. The highest BCUT2D eigenvalue weighted by molar-refractivity contribution is 5.51. The molecule has 1 aromatic carbocycles. The number of nitrogens with zero attached hydrogens (tertiary/aromatic N) is 1. The smallest absolute Gasteiger partial charge is 0.0684 e. The summed E-state index contributed by atoms with van der Waals surface area (Å²) in [7, 11) is 0. The Balaban J connectivity index is 3.00. The van der Waals surface area contributed by atoms with Crippen LogP contribution in [0.4, 0.5) is 5.69 Å². The fraction of sp³-hybridized carbons (Fsp3) is 0.538. The molecule has 2 nitrogen and oxygen atoms in total. The third kappa shape index (κ3) is 2.72. The Morgan fingerprint density at radius 1 is 1.33 bits per heavy atom. The molecule has 15 heavy (non-hydrogen) atoms. The summed E-state index contributed by atoms with van der Waals surface area (Å²) < 4.78 is 0. The number of aliphatic hydroxyl groups is 1. The van der Waals surface area contributed by atoms with Crippen LogP contribution in [0.5, 0.6) is 0 Å². The van der Waals surface area contributed by atoms with E-state index in [-0.39, 0.29) is 6.61 Å². The van der Waals surface area contributed by atoms with Gasteiger partial charge >= 0.3 is 0 Å². The number of anilines is 1. The van der Waals surface area contributed by atoms with Crippen molar-refractivity contribution < 1.29 is 5.11 Å². The summed E-state index contributed by atoms with van der Waals surface area (Å²) in [5, 5.41) is 9.10. The molecule has 0 atom stereocenters. The lowest BCUT2D eigenvalue weighted by atomic mass is 10.1. The normalized spacial score (nSPS) is 10.8. The lowest BCUT2D eigenvalue weighted by Crippen LogP contribution is -2.30. The predicted octanol–water partition coefficient (Wildman–Crippen LogP) is 2.72. The zero-order valence-electron chi connectivity index (χ0n) is 10.1. The molecule has 0 aromatic heterocycles. The largest absolute Gasteiger partial charge is 0.392 e. The second-order valence-corrected chi connectivity index (χ2v) is 4.15. The van der Waals surface area contributed by atoms with Crippen molar-refractivity contribution in [3.8, 4) is 0 Å². The van der Waals surface area contributed by atoms with Crippen LogP contribution in [0.3, 0.4) is 0 Å². The molecule has 1 N–H and O–H groups in total. The SMILES string of the molecule is CCN(c1ccc(CO)c(C)c1)C(C)C. The lowest BCUT2D eigenvalue weighted by Gasteiger charge is -2.28. The Bertz CT molecular complexity index is 320. The average molecular weight is 207 g/mol. The Labute approximate surface area is 92.5 Å². The van der Waals surface area contributed by atoms with Crippen LogP contribution >= 0.6 is 0 Å². The van der Waals surface area contributed by atoms with E-state index in [0.29, 0.717) is 6.04 Å². The summed E-state index contributed by atoms with van der Waals surface area (Å²) >= 11 is 0. The van der Waals surface area contributed by atoms with Crippen LogP contribution in [0.1, 0.15) is 31.9 Å². The standard InChI is InChI=1S/C13H21NO/c1-5-14(10(2)3)13-7-6-12(9-15)11(4)8-13/h6-8,10,15H,5,9H2,1-4H3. The summed E-state index contributed by atoms with van der Waals surface area (Å²) in [6.45, 7) is 9.73. The van der Waals surface area contributed by atoms with Crippen molar-refractivity contribution in [3.05, 3.63) is 29.3 Å². The van der Waals surface area contributed by atoms with Gasteiger partial charge in [0.1, 0.15) is 0 Å². The molecule has 0 bridgehead atoms. The minimum Gasteiger partial charge on any atom is -0.392 e. The molecule has 1 aromatic rings. The molecule has 0 saturated carbocycles. The zero-order valence-corrected chi connectivity index (χ0v) is 10.1. The van der Waals surface area contributed by atoms with E-state index in [1.807, 2.05) is 13.0 Å². The molecule has 0 aliphatic carbocycles. The maximum atomic E-state index is 9.10. The molecule has 0 saturated heterocycles. The summed E-state index contributed by atoms with van der Waals surface area (Å²) in [5.74, 6) is 0. The molecule has 1 rings (SSSR count). The van der Waals surface area contributed by atoms with Crippen LogP contribution in [-0.4, -0.2) is 17.7 Å². The molecule has 0 spiro atoms. The number of aryl methyl sites for hydroxylation is 1. The molecular formula is C13H21NO. The minimum atomic E-state index is 0.125. The molecule has 0 amide bonds. The first kappa shape index (κ1) is 12.1. The van der Waals surface area contributed by atoms with Crippen molar-refractivity contribution in [3.63, 3.8) is 0 Å². The van der Waals surface area contributed by atoms with E-state index in [9.17, 15) is 0 Å². The van der Waals surface area contributed by atoms with Gasteiger partial charge in [-0.05, 0) is 51.0 Å². The predicted molar refractivity (Wildman–Crippen MR) is 65.3 cm³/mol. The molecule has 84 valence electrons. The molecule has 0 radical (unpaired) electrons. The number of benzene rings is 1. The quantitative estimate of drug-likeness (QED) is 0.820. The van der Waals surface area contributed by atoms with E-state index in [1.165, 1.54) is 5.69 Å². The van der Waals surface area contributed by atoms with Crippen molar-refractivity contribution in [1.29, 1.82) is 0 Å². The van der Waals surface area contributed by atoms with E-state index in [0.717, 1.165) is 17.7 Å². The van der Waals surface area contributed by atoms with E-state index < -0.39 is 0 Å². The van der Waals surface area contributed by atoms with Gasteiger partial charge in [-0.1, -0.05) is 6.07 Å². The highest BCUT2D eigenvalue weighted by Crippen LogP contribution is 2.20. The summed E-state index contributed by atoms with van der Waals surface area (Å²) in [6.07, 6.45) is 0. The van der Waals surface area contributed by atoms with Gasteiger partial charge in [-0.25, -0.2) is 0 Å². The highest BCUT2D eigenvalue weighted by Gasteiger charge is 2.09. The summed E-state index contributed by atoms with van der Waals surface area (Å²) in [5.41, 5.74) is 3.41. The van der Waals surface area contributed by atoms with E-state index in [1.54, 1.807) is 0 Å². The molecule has 0 unspecified atom stereocenters. The van der Waals surface area contributed by atoms with Gasteiger partial charge in [0.2, 0.25) is 0 Å². The van der Waals surface area contributed by atoms with Crippen LogP contribution in [0, 0.1) is 6.92 Å². The molecule has 2 heteroatoms.